The SMILES string of the molecule is C/C=C\C=C1/CN(c2ccc(-c3ccc(-c4nc(-c5ccc6ccccc6c5)cc(-c5cccc6ccccc56)n4)cc3)cc2)c2ccccc21. The average molecular weight is 654 g/mol. The molecular formula is C48H35N3. The molecule has 1 aliphatic rings. The van der Waals surface area contributed by atoms with Crippen LogP contribution in [0.15, 0.2) is 182 Å². The van der Waals surface area contributed by atoms with Gasteiger partial charge in [0.05, 0.1) is 11.4 Å². The van der Waals surface area contributed by atoms with E-state index in [1.807, 2.05) is 0 Å². The summed E-state index contributed by atoms with van der Waals surface area (Å²) in [4.78, 5) is 12.7. The standard InChI is InChI=1S/C48H35N3/c1-2-3-11-40-32-51(47-19-9-8-17-43(40)47)41-28-26-35(27-29-41)34-20-23-37(24-21-34)48-49-45(39-25-22-33-12-4-5-14-38(33)30-39)31-46(50-48)44-18-10-15-36-13-6-7-16-42(36)44/h2-31H,32H2,1H3/b3-2-,40-11+. The van der Waals surface area contributed by atoms with Crippen LogP contribution in [-0.2, 0) is 0 Å². The van der Waals surface area contributed by atoms with Crippen molar-refractivity contribution < 1.29 is 0 Å². The van der Waals surface area contributed by atoms with E-state index in [4.69, 9.17) is 9.97 Å². The van der Waals surface area contributed by atoms with Gasteiger partial charge in [-0.1, -0.05) is 152 Å². The zero-order valence-corrected chi connectivity index (χ0v) is 28.4. The minimum absolute atomic E-state index is 0.708. The Balaban J connectivity index is 1.07. The molecule has 0 radical (unpaired) electrons. The highest BCUT2D eigenvalue weighted by molar-refractivity contribution is 5.97. The molecule has 0 amide bonds. The van der Waals surface area contributed by atoms with Gasteiger partial charge >= 0.3 is 0 Å². The lowest BCUT2D eigenvalue weighted by Crippen LogP contribution is -2.12. The van der Waals surface area contributed by atoms with Gasteiger partial charge in [-0.25, -0.2) is 9.97 Å². The van der Waals surface area contributed by atoms with Gasteiger partial charge in [-0.15, -0.1) is 0 Å². The first-order chi connectivity index (χ1) is 25.2. The molecule has 0 bridgehead atoms. The Morgan fingerprint density at radius 3 is 1.96 bits per heavy atom. The molecule has 0 N–H and O–H groups in total. The maximum atomic E-state index is 5.19. The normalized spacial score (nSPS) is 13.4. The summed E-state index contributed by atoms with van der Waals surface area (Å²) in [5, 5.41) is 4.77. The number of nitrogens with zero attached hydrogens (tertiary/aromatic N) is 3. The molecule has 3 heteroatoms. The van der Waals surface area contributed by atoms with Crippen molar-refractivity contribution in [3.63, 3.8) is 0 Å². The van der Waals surface area contributed by atoms with Crippen LogP contribution in [0, 0.1) is 0 Å². The zero-order chi connectivity index (χ0) is 34.1. The molecule has 0 atom stereocenters. The highest BCUT2D eigenvalue weighted by Crippen LogP contribution is 2.41. The molecule has 1 aromatic heterocycles. The topological polar surface area (TPSA) is 29.0 Å². The molecule has 2 heterocycles. The number of benzene rings is 7. The van der Waals surface area contributed by atoms with Crippen LogP contribution >= 0.6 is 0 Å². The van der Waals surface area contributed by atoms with Crippen LogP contribution in [0.2, 0.25) is 0 Å². The summed E-state index contributed by atoms with van der Waals surface area (Å²) in [6.45, 7) is 2.91. The van der Waals surface area contributed by atoms with Crippen molar-refractivity contribution in [2.45, 2.75) is 6.92 Å². The van der Waals surface area contributed by atoms with E-state index in [1.54, 1.807) is 0 Å². The van der Waals surface area contributed by atoms with Crippen molar-refractivity contribution in [1.29, 1.82) is 0 Å². The van der Waals surface area contributed by atoms with E-state index in [0.717, 1.165) is 40.2 Å². The molecule has 0 unspecified atom stereocenters. The molecule has 0 saturated heterocycles. The number of rotatable bonds is 6. The van der Waals surface area contributed by atoms with Crippen molar-refractivity contribution in [2.75, 3.05) is 11.4 Å². The van der Waals surface area contributed by atoms with Gasteiger partial charge in [0.2, 0.25) is 0 Å². The average Bonchev–Trinajstić information content (AvgIpc) is 3.58. The molecule has 7 aromatic carbocycles. The fourth-order valence-electron chi connectivity index (χ4n) is 7.21. The molecule has 242 valence electrons. The second-order valence-electron chi connectivity index (χ2n) is 13.0. The van der Waals surface area contributed by atoms with Crippen LogP contribution in [-0.4, -0.2) is 16.5 Å². The molecule has 0 saturated carbocycles. The fourth-order valence-corrected chi connectivity index (χ4v) is 7.21. The molecule has 0 spiro atoms. The summed E-state index contributed by atoms with van der Waals surface area (Å²) < 4.78 is 0. The number of fused-ring (bicyclic) bond motifs is 3. The van der Waals surface area contributed by atoms with Crippen LogP contribution in [0.3, 0.4) is 0 Å². The molecule has 51 heavy (non-hydrogen) atoms. The molecule has 3 nitrogen and oxygen atoms in total. The third-order valence-corrected chi connectivity index (χ3v) is 9.85. The summed E-state index contributed by atoms with van der Waals surface area (Å²) in [5.41, 5.74) is 12.4. The minimum Gasteiger partial charge on any atom is -0.336 e. The summed E-state index contributed by atoms with van der Waals surface area (Å²) in [6, 6.07) is 58.3. The lowest BCUT2D eigenvalue weighted by molar-refractivity contribution is 1.16. The van der Waals surface area contributed by atoms with Crippen molar-refractivity contribution in [3.05, 3.63) is 188 Å². The Kier molecular flexibility index (Phi) is 7.79. The van der Waals surface area contributed by atoms with Gasteiger partial charge < -0.3 is 4.90 Å². The van der Waals surface area contributed by atoms with E-state index in [1.165, 1.54) is 49.6 Å². The number of aromatic nitrogens is 2. The predicted molar refractivity (Wildman–Crippen MR) is 215 cm³/mol. The number of para-hydroxylation sites is 1. The van der Waals surface area contributed by atoms with Crippen LogP contribution in [0.25, 0.3) is 72.1 Å². The molecule has 0 aliphatic carbocycles. The van der Waals surface area contributed by atoms with Crippen LogP contribution in [0.4, 0.5) is 11.4 Å². The highest BCUT2D eigenvalue weighted by atomic mass is 15.2. The number of hydrogen-bond donors (Lipinski definition) is 0. The van der Waals surface area contributed by atoms with E-state index in [0.29, 0.717) is 5.82 Å². The van der Waals surface area contributed by atoms with E-state index in [9.17, 15) is 0 Å². The summed E-state index contributed by atoms with van der Waals surface area (Å²) in [5.74, 6) is 0.708. The van der Waals surface area contributed by atoms with Gasteiger partial charge in [-0.3, -0.25) is 0 Å². The maximum absolute atomic E-state index is 5.19. The first-order valence-corrected chi connectivity index (χ1v) is 17.5. The third-order valence-electron chi connectivity index (χ3n) is 9.85. The third kappa shape index (κ3) is 5.79. The van der Waals surface area contributed by atoms with Gasteiger partial charge in [0.1, 0.15) is 0 Å². The monoisotopic (exact) mass is 653 g/mol. The Morgan fingerprint density at radius 1 is 0.510 bits per heavy atom. The van der Waals surface area contributed by atoms with E-state index < -0.39 is 0 Å². The molecule has 0 fully saturated rings. The Bertz CT molecular complexity index is 2610. The van der Waals surface area contributed by atoms with Gasteiger partial charge in [0.15, 0.2) is 5.82 Å². The van der Waals surface area contributed by atoms with Gasteiger partial charge in [0.25, 0.3) is 0 Å². The first kappa shape index (κ1) is 30.5. The molecule has 9 rings (SSSR count). The zero-order valence-electron chi connectivity index (χ0n) is 28.4. The lowest BCUT2D eigenvalue weighted by Gasteiger charge is -2.19. The van der Waals surface area contributed by atoms with Crippen molar-refractivity contribution in [2.24, 2.45) is 0 Å². The van der Waals surface area contributed by atoms with Crippen molar-refractivity contribution in [1.82, 2.24) is 9.97 Å². The summed E-state index contributed by atoms with van der Waals surface area (Å²) in [7, 11) is 0. The fraction of sp³-hybridized carbons (Fsp3) is 0.0417. The first-order valence-electron chi connectivity index (χ1n) is 17.5. The van der Waals surface area contributed by atoms with Crippen LogP contribution in [0.1, 0.15) is 12.5 Å². The molecular weight excluding hydrogens is 619 g/mol. The Morgan fingerprint density at radius 2 is 1.14 bits per heavy atom. The smallest absolute Gasteiger partial charge is 0.160 e. The van der Waals surface area contributed by atoms with E-state index >= 15 is 0 Å². The summed E-state index contributed by atoms with van der Waals surface area (Å²) in [6.07, 6.45) is 6.43. The molecule has 1 aliphatic heterocycles. The number of anilines is 2. The van der Waals surface area contributed by atoms with E-state index in [-0.39, 0.29) is 0 Å². The van der Waals surface area contributed by atoms with Crippen molar-refractivity contribution in [3.8, 4) is 45.0 Å². The van der Waals surface area contributed by atoms with Crippen molar-refractivity contribution >= 4 is 38.5 Å². The largest absolute Gasteiger partial charge is 0.336 e. The second kappa shape index (κ2) is 13.0. The predicted octanol–water partition coefficient (Wildman–Crippen LogP) is 12.6. The lowest BCUT2D eigenvalue weighted by atomic mass is 9.99. The van der Waals surface area contributed by atoms with Crippen LogP contribution < -0.4 is 4.90 Å². The maximum Gasteiger partial charge on any atom is 0.160 e. The second-order valence-corrected chi connectivity index (χ2v) is 13.0. The summed E-state index contributed by atoms with van der Waals surface area (Å²) >= 11 is 0. The number of hydrogen-bond acceptors (Lipinski definition) is 3. The van der Waals surface area contributed by atoms with Gasteiger partial charge in [-0.05, 0) is 75.5 Å². The molecule has 8 aromatic rings. The van der Waals surface area contributed by atoms with Crippen LogP contribution in [0.5, 0.6) is 0 Å². The quantitative estimate of drug-likeness (QED) is 0.179. The van der Waals surface area contributed by atoms with Gasteiger partial charge in [-0.2, -0.15) is 0 Å². The number of allylic oxidation sites excluding steroid dienone is 3. The van der Waals surface area contributed by atoms with Gasteiger partial charge in [0, 0.05) is 40.2 Å². The Labute approximate surface area is 298 Å². The highest BCUT2D eigenvalue weighted by Gasteiger charge is 2.24. The minimum atomic E-state index is 0.708. The van der Waals surface area contributed by atoms with E-state index in [2.05, 4.69) is 194 Å². The Hall–Kier alpha value is -6.58.